The molecular weight excluding hydrogens is 190 g/mol. The van der Waals surface area contributed by atoms with Crippen molar-refractivity contribution in [2.24, 2.45) is 0 Å². The number of amides is 1. The van der Waals surface area contributed by atoms with Crippen molar-refractivity contribution < 1.29 is 9.53 Å². The van der Waals surface area contributed by atoms with Crippen molar-refractivity contribution in [2.75, 3.05) is 13.2 Å². The van der Waals surface area contributed by atoms with Crippen LogP contribution in [-0.2, 0) is 9.53 Å². The maximum absolute atomic E-state index is 11.5. The third kappa shape index (κ3) is 2.45. The molecule has 0 aromatic rings. The van der Waals surface area contributed by atoms with Gasteiger partial charge in [-0.3, -0.25) is 4.79 Å². The first-order chi connectivity index (χ1) is 6.02. The van der Waals surface area contributed by atoms with E-state index in [9.17, 15) is 4.79 Å². The minimum Gasteiger partial charge on any atom is -0.375 e. The van der Waals surface area contributed by atoms with Crippen molar-refractivity contribution in [1.82, 2.24) is 4.90 Å². The second-order valence-electron chi connectivity index (χ2n) is 3.36. The Labute approximate surface area is 83.3 Å². The van der Waals surface area contributed by atoms with Crippen molar-refractivity contribution >= 4 is 17.5 Å². The highest BCUT2D eigenvalue weighted by atomic mass is 35.5. The summed E-state index contributed by atoms with van der Waals surface area (Å²) in [5.41, 5.74) is 0. The molecule has 13 heavy (non-hydrogen) atoms. The van der Waals surface area contributed by atoms with Crippen molar-refractivity contribution in [3.05, 3.63) is 11.6 Å². The summed E-state index contributed by atoms with van der Waals surface area (Å²) < 4.78 is 5.38. The fourth-order valence-corrected chi connectivity index (χ4v) is 1.45. The van der Waals surface area contributed by atoms with Crippen LogP contribution in [0.1, 0.15) is 13.8 Å². The Hall–Kier alpha value is -0.540. The molecule has 1 heterocycles. The third-order valence-electron chi connectivity index (χ3n) is 2.10. The number of nitrogens with zero attached hydrogens (tertiary/aromatic N) is 1. The molecule has 2 unspecified atom stereocenters. The van der Waals surface area contributed by atoms with Crippen molar-refractivity contribution in [3.8, 4) is 0 Å². The van der Waals surface area contributed by atoms with Gasteiger partial charge in [0.2, 0.25) is 0 Å². The Balaban J connectivity index is 2.65. The lowest BCUT2D eigenvalue weighted by molar-refractivity contribution is -0.138. The molecule has 0 aliphatic carbocycles. The van der Waals surface area contributed by atoms with E-state index in [4.69, 9.17) is 16.3 Å². The zero-order valence-electron chi connectivity index (χ0n) is 7.92. The molecule has 1 aliphatic rings. The average Bonchev–Trinajstić information content (AvgIpc) is 2.08. The van der Waals surface area contributed by atoms with E-state index >= 15 is 0 Å². The van der Waals surface area contributed by atoms with Crippen LogP contribution in [0.15, 0.2) is 11.6 Å². The number of carbonyl (C=O) groups is 1. The Morgan fingerprint density at radius 3 is 2.77 bits per heavy atom. The summed E-state index contributed by atoms with van der Waals surface area (Å²) >= 11 is 5.55. The molecule has 1 fully saturated rings. The van der Waals surface area contributed by atoms with E-state index in [0.29, 0.717) is 13.2 Å². The smallest absolute Gasteiger partial charge is 0.265 e. The van der Waals surface area contributed by atoms with Crippen LogP contribution >= 0.6 is 11.6 Å². The predicted octanol–water partition coefficient (Wildman–Crippen LogP) is 1.37. The molecule has 0 radical (unpaired) electrons. The molecule has 0 aromatic heterocycles. The normalized spacial score (nSPS) is 28.7. The van der Waals surface area contributed by atoms with Gasteiger partial charge in [0, 0.05) is 6.54 Å². The zero-order chi connectivity index (χ0) is 10.0. The molecule has 2 atom stereocenters. The minimum absolute atomic E-state index is 0.0703. The van der Waals surface area contributed by atoms with Crippen molar-refractivity contribution in [3.63, 3.8) is 0 Å². The average molecular weight is 204 g/mol. The number of ether oxygens (including phenoxy) is 1. The molecule has 74 valence electrons. The molecule has 3 nitrogen and oxygen atoms in total. The van der Waals surface area contributed by atoms with Crippen LogP contribution in [0, 0.1) is 0 Å². The predicted molar refractivity (Wildman–Crippen MR) is 51.6 cm³/mol. The van der Waals surface area contributed by atoms with E-state index in [1.807, 2.05) is 13.8 Å². The Bertz CT molecular complexity index is 230. The van der Waals surface area contributed by atoms with Crippen LogP contribution in [0.3, 0.4) is 0 Å². The fourth-order valence-electron chi connectivity index (χ4n) is 1.34. The molecule has 0 aromatic carbocycles. The van der Waals surface area contributed by atoms with Gasteiger partial charge in [-0.25, -0.2) is 0 Å². The largest absolute Gasteiger partial charge is 0.375 e. The summed E-state index contributed by atoms with van der Waals surface area (Å²) in [6.07, 6.45) is 0.0798. The highest BCUT2D eigenvalue weighted by molar-refractivity contribution is 6.41. The van der Waals surface area contributed by atoms with E-state index in [-0.39, 0.29) is 23.1 Å². The van der Waals surface area contributed by atoms with Gasteiger partial charge < -0.3 is 9.64 Å². The van der Waals surface area contributed by atoms with E-state index in [0.717, 1.165) is 0 Å². The lowest BCUT2D eigenvalue weighted by atomic mass is 10.2. The molecule has 4 heteroatoms. The highest BCUT2D eigenvalue weighted by Gasteiger charge is 2.27. The molecule has 0 saturated carbocycles. The third-order valence-corrected chi connectivity index (χ3v) is 2.26. The van der Waals surface area contributed by atoms with E-state index in [2.05, 4.69) is 6.58 Å². The van der Waals surface area contributed by atoms with Gasteiger partial charge in [-0.15, -0.1) is 0 Å². The first kappa shape index (κ1) is 10.5. The maximum Gasteiger partial charge on any atom is 0.265 e. The number of carbonyl (C=O) groups excluding carboxylic acids is 1. The first-order valence-electron chi connectivity index (χ1n) is 4.29. The number of rotatable bonds is 1. The maximum atomic E-state index is 11.5. The molecule has 0 N–H and O–H groups in total. The summed E-state index contributed by atoms with van der Waals surface area (Å²) in [6.45, 7) is 8.45. The van der Waals surface area contributed by atoms with E-state index < -0.39 is 0 Å². The van der Waals surface area contributed by atoms with Crippen molar-refractivity contribution in [1.29, 1.82) is 0 Å². The van der Waals surface area contributed by atoms with E-state index in [1.54, 1.807) is 4.90 Å². The van der Waals surface area contributed by atoms with Gasteiger partial charge in [-0.1, -0.05) is 18.2 Å². The SMILES string of the molecule is C=C(Cl)C(=O)N1CC(C)OCC1C. The van der Waals surface area contributed by atoms with Crippen LogP contribution < -0.4 is 0 Å². The Morgan fingerprint density at radius 1 is 1.62 bits per heavy atom. The summed E-state index contributed by atoms with van der Waals surface area (Å²) in [5, 5.41) is 0.0703. The Morgan fingerprint density at radius 2 is 2.23 bits per heavy atom. The standard InChI is InChI=1S/C9H14ClNO2/c1-6-5-13-7(2)4-11(6)9(12)8(3)10/h6-7H,3-5H2,1-2H3. The molecule has 1 saturated heterocycles. The first-order valence-corrected chi connectivity index (χ1v) is 4.67. The van der Waals surface area contributed by atoms with Gasteiger partial charge in [0.05, 0.1) is 23.8 Å². The topological polar surface area (TPSA) is 29.5 Å². The molecule has 1 aliphatic heterocycles. The van der Waals surface area contributed by atoms with Crippen LogP contribution in [-0.4, -0.2) is 36.1 Å². The van der Waals surface area contributed by atoms with Crippen LogP contribution in [0.4, 0.5) is 0 Å². The summed E-state index contributed by atoms with van der Waals surface area (Å²) in [7, 11) is 0. The fraction of sp³-hybridized carbons (Fsp3) is 0.667. The number of hydrogen-bond donors (Lipinski definition) is 0. The quantitative estimate of drug-likeness (QED) is 0.603. The van der Waals surface area contributed by atoms with Crippen molar-refractivity contribution in [2.45, 2.75) is 26.0 Å². The van der Waals surface area contributed by atoms with E-state index in [1.165, 1.54) is 0 Å². The lowest BCUT2D eigenvalue weighted by Crippen LogP contribution is -2.50. The summed E-state index contributed by atoms with van der Waals surface area (Å²) in [5.74, 6) is -0.190. The second kappa shape index (κ2) is 4.11. The number of morpholine rings is 1. The van der Waals surface area contributed by atoms with Gasteiger partial charge in [0.25, 0.3) is 5.91 Å². The summed E-state index contributed by atoms with van der Waals surface area (Å²) in [4.78, 5) is 13.2. The van der Waals surface area contributed by atoms with Gasteiger partial charge >= 0.3 is 0 Å². The number of halogens is 1. The monoisotopic (exact) mass is 203 g/mol. The van der Waals surface area contributed by atoms with Gasteiger partial charge in [0.1, 0.15) is 0 Å². The minimum atomic E-state index is -0.190. The Kier molecular flexibility index (Phi) is 3.33. The number of hydrogen-bond acceptors (Lipinski definition) is 2. The zero-order valence-corrected chi connectivity index (χ0v) is 8.67. The molecule has 0 bridgehead atoms. The molecule has 1 amide bonds. The van der Waals surface area contributed by atoms with Gasteiger partial charge in [0.15, 0.2) is 0 Å². The molecule has 0 spiro atoms. The van der Waals surface area contributed by atoms with Crippen LogP contribution in [0.2, 0.25) is 0 Å². The van der Waals surface area contributed by atoms with Crippen LogP contribution in [0.25, 0.3) is 0 Å². The highest BCUT2D eigenvalue weighted by Crippen LogP contribution is 2.15. The lowest BCUT2D eigenvalue weighted by Gasteiger charge is -2.36. The van der Waals surface area contributed by atoms with Gasteiger partial charge in [-0.2, -0.15) is 0 Å². The molecule has 1 rings (SSSR count). The summed E-state index contributed by atoms with van der Waals surface area (Å²) in [6, 6.07) is 0.0826. The van der Waals surface area contributed by atoms with Crippen LogP contribution in [0.5, 0.6) is 0 Å². The van der Waals surface area contributed by atoms with Gasteiger partial charge in [-0.05, 0) is 13.8 Å². The molecular formula is C9H14ClNO2. The second-order valence-corrected chi connectivity index (χ2v) is 3.81.